The molecule has 0 saturated heterocycles. The first-order valence-corrected chi connectivity index (χ1v) is 7.58. The quantitative estimate of drug-likeness (QED) is 0.505. The molecular formula is C14H14ClN9O. The third-order valence-electron chi connectivity index (χ3n) is 3.28. The van der Waals surface area contributed by atoms with Crippen LogP contribution in [0.25, 0.3) is 5.69 Å². The lowest BCUT2D eigenvalue weighted by Crippen LogP contribution is -2.24. The Labute approximate surface area is 147 Å². The van der Waals surface area contributed by atoms with Gasteiger partial charge >= 0.3 is 0 Å². The number of anilines is 1. The summed E-state index contributed by atoms with van der Waals surface area (Å²) < 4.78 is 2.75. The molecule has 0 bridgehead atoms. The Morgan fingerprint density at radius 1 is 1.40 bits per heavy atom. The standard InChI is InChI=1S/C14H14ClN9O/c1-9-11(13(15)24(20-9)10-5-3-2-4-6-10)7-17-18-12(25)8-23-14(16)19-21-22-23/h2-7H,8H2,1H3,(H,18,25)(H2,16,19,22). The van der Waals surface area contributed by atoms with Gasteiger partial charge in [-0.2, -0.15) is 10.2 Å². The van der Waals surface area contributed by atoms with Crippen molar-refractivity contribution in [3.8, 4) is 5.69 Å². The highest BCUT2D eigenvalue weighted by Gasteiger charge is 2.13. The molecule has 0 unspecified atom stereocenters. The number of carbonyl (C=O) groups excluding carboxylic acids is 1. The summed E-state index contributed by atoms with van der Waals surface area (Å²) in [6.07, 6.45) is 1.44. The number of aromatic nitrogens is 6. The zero-order valence-corrected chi connectivity index (χ0v) is 13.9. The number of amides is 1. The zero-order chi connectivity index (χ0) is 17.8. The van der Waals surface area contributed by atoms with Gasteiger partial charge in [0.2, 0.25) is 5.95 Å². The molecular weight excluding hydrogens is 346 g/mol. The van der Waals surface area contributed by atoms with E-state index in [2.05, 4.69) is 31.2 Å². The van der Waals surface area contributed by atoms with Gasteiger partial charge in [-0.25, -0.2) is 14.8 Å². The van der Waals surface area contributed by atoms with Gasteiger partial charge in [0, 0.05) is 0 Å². The number of para-hydroxylation sites is 1. The SMILES string of the molecule is Cc1nn(-c2ccccc2)c(Cl)c1C=NNC(=O)Cn1nnnc1N. The molecule has 0 aliphatic carbocycles. The number of hydrogen-bond acceptors (Lipinski definition) is 7. The summed E-state index contributed by atoms with van der Waals surface area (Å²) in [6.45, 7) is 1.66. The molecule has 0 aliphatic rings. The predicted molar refractivity (Wildman–Crippen MR) is 91.3 cm³/mol. The van der Waals surface area contributed by atoms with Gasteiger partial charge in [-0.1, -0.05) is 34.9 Å². The van der Waals surface area contributed by atoms with Crippen LogP contribution in [0.15, 0.2) is 35.4 Å². The molecule has 0 spiro atoms. The van der Waals surface area contributed by atoms with E-state index in [1.165, 1.54) is 6.21 Å². The van der Waals surface area contributed by atoms with Crippen LogP contribution in [0.1, 0.15) is 11.3 Å². The molecule has 1 aromatic carbocycles. The molecule has 2 aromatic heterocycles. The van der Waals surface area contributed by atoms with Crippen molar-refractivity contribution in [2.24, 2.45) is 5.10 Å². The van der Waals surface area contributed by atoms with E-state index >= 15 is 0 Å². The maximum atomic E-state index is 11.8. The maximum Gasteiger partial charge on any atom is 0.261 e. The van der Waals surface area contributed by atoms with Crippen LogP contribution in [0.2, 0.25) is 5.15 Å². The number of rotatable bonds is 5. The van der Waals surface area contributed by atoms with Crippen LogP contribution in [-0.4, -0.2) is 42.1 Å². The van der Waals surface area contributed by atoms with E-state index < -0.39 is 5.91 Å². The average Bonchev–Trinajstić information content (AvgIpc) is 3.13. The number of carbonyl (C=O) groups is 1. The smallest absolute Gasteiger partial charge is 0.261 e. The number of tetrazole rings is 1. The van der Waals surface area contributed by atoms with E-state index in [1.807, 2.05) is 30.3 Å². The van der Waals surface area contributed by atoms with Crippen molar-refractivity contribution in [1.29, 1.82) is 0 Å². The lowest BCUT2D eigenvalue weighted by molar-refractivity contribution is -0.121. The Morgan fingerprint density at radius 3 is 2.84 bits per heavy atom. The second-order valence-corrected chi connectivity index (χ2v) is 5.38. The van der Waals surface area contributed by atoms with Crippen LogP contribution in [0.5, 0.6) is 0 Å². The molecule has 3 N–H and O–H groups in total. The average molecular weight is 360 g/mol. The first-order valence-electron chi connectivity index (χ1n) is 7.20. The van der Waals surface area contributed by atoms with E-state index in [9.17, 15) is 4.79 Å². The molecule has 11 heteroatoms. The number of hydrogen-bond donors (Lipinski definition) is 2. The number of nitrogens with two attached hydrogens (primary N) is 1. The van der Waals surface area contributed by atoms with Crippen LogP contribution in [0, 0.1) is 6.92 Å². The summed E-state index contributed by atoms with van der Waals surface area (Å²) in [5.74, 6) is -0.387. The molecule has 0 radical (unpaired) electrons. The van der Waals surface area contributed by atoms with Crippen molar-refractivity contribution in [1.82, 2.24) is 35.4 Å². The molecule has 0 atom stereocenters. The summed E-state index contributed by atoms with van der Waals surface area (Å²) in [6, 6.07) is 9.46. The molecule has 25 heavy (non-hydrogen) atoms. The highest BCUT2D eigenvalue weighted by Crippen LogP contribution is 2.21. The molecule has 3 aromatic rings. The minimum absolute atomic E-state index is 0.0437. The number of halogens is 1. The van der Waals surface area contributed by atoms with Crippen LogP contribution < -0.4 is 11.2 Å². The largest absolute Gasteiger partial charge is 0.367 e. The third-order valence-corrected chi connectivity index (χ3v) is 3.65. The van der Waals surface area contributed by atoms with E-state index in [1.54, 1.807) is 11.6 Å². The Balaban J connectivity index is 1.70. The molecule has 2 heterocycles. The van der Waals surface area contributed by atoms with Gasteiger partial charge in [0.15, 0.2) is 0 Å². The van der Waals surface area contributed by atoms with Crippen LogP contribution >= 0.6 is 11.6 Å². The Hall–Kier alpha value is -3.27. The highest BCUT2D eigenvalue weighted by molar-refractivity contribution is 6.32. The van der Waals surface area contributed by atoms with E-state index in [0.717, 1.165) is 10.4 Å². The molecule has 10 nitrogen and oxygen atoms in total. The van der Waals surface area contributed by atoms with Crippen molar-refractivity contribution in [2.75, 3.05) is 5.73 Å². The van der Waals surface area contributed by atoms with Crippen molar-refractivity contribution >= 4 is 29.7 Å². The van der Waals surface area contributed by atoms with E-state index in [-0.39, 0.29) is 12.5 Å². The van der Waals surface area contributed by atoms with E-state index in [4.69, 9.17) is 17.3 Å². The number of nitrogens with zero attached hydrogens (tertiary/aromatic N) is 7. The lowest BCUT2D eigenvalue weighted by atomic mass is 10.3. The first-order chi connectivity index (χ1) is 12.1. The highest BCUT2D eigenvalue weighted by atomic mass is 35.5. The first kappa shape index (κ1) is 16.6. The molecule has 128 valence electrons. The minimum atomic E-state index is -0.431. The van der Waals surface area contributed by atoms with Crippen LogP contribution in [0.4, 0.5) is 5.95 Å². The predicted octanol–water partition coefficient (Wildman–Crippen LogP) is 0.553. The fraction of sp³-hybridized carbons (Fsp3) is 0.143. The Morgan fingerprint density at radius 2 is 2.16 bits per heavy atom. The van der Waals surface area contributed by atoms with Gasteiger partial charge in [-0.15, -0.1) is 0 Å². The van der Waals surface area contributed by atoms with Crippen molar-refractivity contribution in [3.05, 3.63) is 46.7 Å². The number of hydrazone groups is 1. The Kier molecular flexibility index (Phi) is 4.70. The fourth-order valence-corrected chi connectivity index (χ4v) is 2.38. The summed E-state index contributed by atoms with van der Waals surface area (Å²) in [5.41, 5.74) is 9.96. The molecule has 0 aliphatic heterocycles. The number of nitrogen functional groups attached to an aromatic ring is 1. The van der Waals surface area contributed by atoms with Gasteiger partial charge in [0.25, 0.3) is 5.91 Å². The van der Waals surface area contributed by atoms with E-state index in [0.29, 0.717) is 16.4 Å². The Bertz CT molecular complexity index is 916. The van der Waals surface area contributed by atoms with Gasteiger partial charge in [-0.3, -0.25) is 4.79 Å². The lowest BCUT2D eigenvalue weighted by Gasteiger charge is -2.02. The normalized spacial score (nSPS) is 11.1. The fourth-order valence-electron chi connectivity index (χ4n) is 2.06. The molecule has 1 amide bonds. The van der Waals surface area contributed by atoms with Crippen molar-refractivity contribution in [2.45, 2.75) is 13.5 Å². The number of aryl methyl sites for hydroxylation is 1. The van der Waals surface area contributed by atoms with Crippen molar-refractivity contribution in [3.63, 3.8) is 0 Å². The minimum Gasteiger partial charge on any atom is -0.367 e. The summed E-state index contributed by atoms with van der Waals surface area (Å²) in [7, 11) is 0. The van der Waals surface area contributed by atoms with Gasteiger partial charge in [0.05, 0.1) is 23.2 Å². The maximum absolute atomic E-state index is 11.8. The van der Waals surface area contributed by atoms with Crippen molar-refractivity contribution < 1.29 is 4.79 Å². The summed E-state index contributed by atoms with van der Waals surface area (Å²) >= 11 is 6.36. The number of nitrogens with one attached hydrogen (secondary N) is 1. The molecule has 0 saturated carbocycles. The monoisotopic (exact) mass is 359 g/mol. The summed E-state index contributed by atoms with van der Waals surface area (Å²) in [4.78, 5) is 11.8. The molecule has 0 fully saturated rings. The van der Waals surface area contributed by atoms with Crippen LogP contribution in [-0.2, 0) is 11.3 Å². The summed E-state index contributed by atoms with van der Waals surface area (Å²) in [5, 5.41) is 19.1. The molecule has 3 rings (SSSR count). The zero-order valence-electron chi connectivity index (χ0n) is 13.2. The van der Waals surface area contributed by atoms with Gasteiger partial charge < -0.3 is 5.73 Å². The second kappa shape index (κ2) is 7.09. The third kappa shape index (κ3) is 3.63. The number of benzene rings is 1. The topological polar surface area (TPSA) is 129 Å². The second-order valence-electron chi connectivity index (χ2n) is 5.03. The van der Waals surface area contributed by atoms with Gasteiger partial charge in [-0.05, 0) is 29.5 Å². The van der Waals surface area contributed by atoms with Gasteiger partial charge in [0.1, 0.15) is 11.7 Å². The van der Waals surface area contributed by atoms with Crippen LogP contribution in [0.3, 0.4) is 0 Å².